The van der Waals surface area contributed by atoms with Crippen LogP contribution in [-0.4, -0.2) is 106 Å². The Hall–Kier alpha value is -5.10. The van der Waals surface area contributed by atoms with Crippen molar-refractivity contribution in [1.82, 2.24) is 19.2 Å². The van der Waals surface area contributed by atoms with E-state index in [-0.39, 0.29) is 67.7 Å². The number of unbranched alkanes of at least 4 members (excludes halogenated alkanes) is 1. The van der Waals surface area contributed by atoms with Crippen LogP contribution in [0, 0.1) is 18.8 Å². The number of hydrogen-bond acceptors (Lipinski definition) is 10. The van der Waals surface area contributed by atoms with Gasteiger partial charge in [-0.1, -0.05) is 116 Å². The Kier molecular flexibility index (Phi) is 21.8. The van der Waals surface area contributed by atoms with Gasteiger partial charge in [0.1, 0.15) is 5.78 Å². The summed E-state index contributed by atoms with van der Waals surface area (Å²) < 4.78 is 58.0. The Morgan fingerprint density at radius 3 is 1.74 bits per heavy atom. The summed E-state index contributed by atoms with van der Waals surface area (Å²) in [5.41, 5.74) is 15.1. The maximum Gasteiger partial charge on any atom is 0.243 e. The third-order valence-corrected chi connectivity index (χ3v) is 15.1. The highest BCUT2D eigenvalue weighted by atomic mass is 32.2. The number of ketones is 2. The standard InChI is InChI=1S/C50H68N6O8S2/c1-4-44(31-41-18-10-6-11-19-41)50(60)53-45(32-42-20-12-7-13-21-42)36-55(65(61,62)29-28-52)37-49(59)54-47(22-14-15-27-51)48(58)33-43(30-40-16-8-5-9-17-40)35-56(34-39(3)57)66(63,64)46-25-23-38(2)24-26-46/h5-13,16-21,23-26,43-45,47H,4,14-15,22,27-37,51-52H2,1-3H3,(H,53,60)(H,54,59)/t43-,44+,45+,47+/m1/s1. The number of sulfonamides is 2. The van der Waals surface area contributed by atoms with Crippen LogP contribution < -0.4 is 22.1 Å². The van der Waals surface area contributed by atoms with Gasteiger partial charge >= 0.3 is 0 Å². The van der Waals surface area contributed by atoms with Crippen molar-refractivity contribution >= 4 is 43.4 Å². The number of nitrogens with zero attached hydrogens (tertiary/aromatic N) is 2. The number of nitrogens with two attached hydrogens (primary N) is 2. The van der Waals surface area contributed by atoms with E-state index in [1.807, 2.05) is 105 Å². The lowest BCUT2D eigenvalue weighted by atomic mass is 9.90. The Morgan fingerprint density at radius 2 is 1.21 bits per heavy atom. The molecule has 0 unspecified atom stereocenters. The third kappa shape index (κ3) is 17.6. The lowest BCUT2D eigenvalue weighted by molar-refractivity contribution is -0.128. The Labute approximate surface area is 392 Å². The third-order valence-electron chi connectivity index (χ3n) is 11.4. The van der Waals surface area contributed by atoms with Crippen LogP contribution in [0.4, 0.5) is 0 Å². The van der Waals surface area contributed by atoms with Crippen LogP contribution in [0.2, 0.25) is 0 Å². The van der Waals surface area contributed by atoms with Gasteiger partial charge in [-0.2, -0.15) is 8.61 Å². The van der Waals surface area contributed by atoms with E-state index in [2.05, 4.69) is 10.6 Å². The fourth-order valence-corrected chi connectivity index (χ4v) is 10.7. The van der Waals surface area contributed by atoms with Crippen LogP contribution in [0.1, 0.15) is 68.2 Å². The van der Waals surface area contributed by atoms with Crippen LogP contribution in [0.25, 0.3) is 0 Å². The van der Waals surface area contributed by atoms with E-state index in [4.69, 9.17) is 11.5 Å². The van der Waals surface area contributed by atoms with E-state index in [1.54, 1.807) is 12.1 Å². The predicted molar refractivity (Wildman–Crippen MR) is 259 cm³/mol. The molecule has 358 valence electrons. The van der Waals surface area contributed by atoms with Crippen LogP contribution in [0.5, 0.6) is 0 Å². The first-order valence-electron chi connectivity index (χ1n) is 22.7. The summed E-state index contributed by atoms with van der Waals surface area (Å²) in [4.78, 5) is 55.0. The first kappa shape index (κ1) is 53.5. The number of aryl methyl sites for hydroxylation is 1. The molecule has 2 amide bonds. The first-order chi connectivity index (χ1) is 31.5. The quantitative estimate of drug-likeness (QED) is 0.0533. The summed E-state index contributed by atoms with van der Waals surface area (Å²) >= 11 is 0. The summed E-state index contributed by atoms with van der Waals surface area (Å²) in [6.07, 6.45) is 2.64. The maximum absolute atomic E-state index is 14.5. The van der Waals surface area contributed by atoms with Gasteiger partial charge < -0.3 is 22.1 Å². The molecule has 0 aliphatic rings. The van der Waals surface area contributed by atoms with Crippen molar-refractivity contribution in [3.8, 4) is 0 Å². The fraction of sp³-hybridized carbons (Fsp3) is 0.440. The van der Waals surface area contributed by atoms with Gasteiger partial charge in [0.15, 0.2) is 5.78 Å². The molecular formula is C50H68N6O8S2. The van der Waals surface area contributed by atoms with Crippen LogP contribution >= 0.6 is 0 Å². The lowest BCUT2D eigenvalue weighted by Crippen LogP contribution is -2.53. The summed E-state index contributed by atoms with van der Waals surface area (Å²) in [5.74, 6) is -3.21. The number of Topliss-reactive ketones (excluding diaryl/α,β-unsaturated/α-hetero) is 2. The minimum atomic E-state index is -4.16. The maximum atomic E-state index is 14.5. The van der Waals surface area contributed by atoms with Gasteiger partial charge in [0, 0.05) is 38.0 Å². The van der Waals surface area contributed by atoms with Gasteiger partial charge in [-0.25, -0.2) is 16.8 Å². The number of amides is 2. The normalized spacial score (nSPS) is 13.7. The zero-order valence-corrected chi connectivity index (χ0v) is 40.2. The highest BCUT2D eigenvalue weighted by Crippen LogP contribution is 2.23. The van der Waals surface area contributed by atoms with Crippen molar-refractivity contribution in [1.29, 1.82) is 0 Å². The molecule has 4 aromatic carbocycles. The average Bonchev–Trinajstić information content (AvgIpc) is 3.28. The summed E-state index contributed by atoms with van der Waals surface area (Å²) in [6.45, 7) is 3.73. The molecule has 0 aliphatic heterocycles. The summed E-state index contributed by atoms with van der Waals surface area (Å²) in [5, 5.41) is 5.91. The molecule has 0 heterocycles. The zero-order chi connectivity index (χ0) is 48.1. The number of rotatable bonds is 30. The van der Waals surface area contributed by atoms with Crippen LogP contribution in [-0.2, 0) is 58.5 Å². The molecule has 6 N–H and O–H groups in total. The molecule has 14 nitrogen and oxygen atoms in total. The monoisotopic (exact) mass is 944 g/mol. The predicted octanol–water partition coefficient (Wildman–Crippen LogP) is 4.59. The Bertz CT molecular complexity index is 2350. The number of benzene rings is 4. The molecule has 0 radical (unpaired) electrons. The molecule has 4 atom stereocenters. The van der Waals surface area contributed by atoms with Crippen LogP contribution in [0.15, 0.2) is 120 Å². The SMILES string of the molecule is CC[C@@H](Cc1ccccc1)C(=O)N[C@@H](Cc1ccccc1)CN(CC(=O)N[C@@H](CCCCN)C(=O)C[C@@H](Cc1ccccc1)CN(CC(C)=O)S(=O)(=O)c1ccc(C)cc1)S(=O)(=O)CCN. The van der Waals surface area contributed by atoms with E-state index >= 15 is 0 Å². The molecule has 0 saturated heterocycles. The zero-order valence-electron chi connectivity index (χ0n) is 38.5. The van der Waals surface area contributed by atoms with Crippen molar-refractivity contribution in [2.24, 2.45) is 23.3 Å². The molecule has 0 spiro atoms. The van der Waals surface area contributed by atoms with Gasteiger partial charge in [-0.3, -0.25) is 19.2 Å². The van der Waals surface area contributed by atoms with Crippen molar-refractivity contribution in [2.45, 2.75) is 89.1 Å². The Balaban J connectivity index is 1.62. The molecule has 0 aliphatic carbocycles. The van der Waals surface area contributed by atoms with E-state index < -0.39 is 68.7 Å². The van der Waals surface area contributed by atoms with Gasteiger partial charge in [-0.05, 0) is 100 Å². The van der Waals surface area contributed by atoms with Crippen molar-refractivity contribution in [3.63, 3.8) is 0 Å². The molecule has 66 heavy (non-hydrogen) atoms. The van der Waals surface area contributed by atoms with E-state index in [1.165, 1.54) is 19.1 Å². The molecule has 4 aromatic rings. The van der Waals surface area contributed by atoms with Crippen molar-refractivity contribution in [3.05, 3.63) is 138 Å². The van der Waals surface area contributed by atoms with E-state index in [9.17, 15) is 36.0 Å². The highest BCUT2D eigenvalue weighted by molar-refractivity contribution is 7.89. The fourth-order valence-electron chi connectivity index (χ4n) is 7.93. The average molecular weight is 945 g/mol. The molecule has 0 fully saturated rings. The van der Waals surface area contributed by atoms with Crippen LogP contribution in [0.3, 0.4) is 0 Å². The van der Waals surface area contributed by atoms with E-state index in [0.29, 0.717) is 32.2 Å². The second kappa shape index (κ2) is 26.9. The first-order valence-corrected chi connectivity index (χ1v) is 25.8. The van der Waals surface area contributed by atoms with Gasteiger partial charge in [0.2, 0.25) is 31.9 Å². The molecular weight excluding hydrogens is 877 g/mol. The topological polar surface area (TPSA) is 219 Å². The molecule has 16 heteroatoms. The van der Waals surface area contributed by atoms with Crippen molar-refractivity contribution < 1.29 is 36.0 Å². The van der Waals surface area contributed by atoms with Gasteiger partial charge in [-0.15, -0.1) is 0 Å². The second-order valence-electron chi connectivity index (χ2n) is 17.0. The number of carbonyl (C=O) groups excluding carboxylic acids is 4. The molecule has 0 saturated carbocycles. The van der Waals surface area contributed by atoms with Gasteiger partial charge in [0.25, 0.3) is 0 Å². The lowest BCUT2D eigenvalue weighted by Gasteiger charge is -2.30. The molecule has 0 bridgehead atoms. The minimum Gasteiger partial charge on any atom is -0.351 e. The number of carbonyl (C=O) groups is 4. The molecule has 4 rings (SSSR count). The second-order valence-corrected chi connectivity index (χ2v) is 21.1. The Morgan fingerprint density at radius 1 is 0.652 bits per heavy atom. The van der Waals surface area contributed by atoms with Crippen molar-refractivity contribution in [2.75, 3.05) is 45.0 Å². The minimum absolute atomic E-state index is 0.0168. The highest BCUT2D eigenvalue weighted by Gasteiger charge is 2.33. The smallest absolute Gasteiger partial charge is 0.243 e. The van der Waals surface area contributed by atoms with Gasteiger partial charge in [0.05, 0.1) is 29.8 Å². The number of nitrogens with one attached hydrogen (secondary N) is 2. The molecule has 0 aromatic heterocycles. The summed E-state index contributed by atoms with van der Waals surface area (Å²) in [7, 11) is -8.32. The largest absolute Gasteiger partial charge is 0.351 e. The number of hydrogen-bond donors (Lipinski definition) is 4. The summed E-state index contributed by atoms with van der Waals surface area (Å²) in [6, 6.07) is 32.7. The van der Waals surface area contributed by atoms with E-state index in [0.717, 1.165) is 30.9 Å².